The van der Waals surface area contributed by atoms with E-state index in [0.29, 0.717) is 6.61 Å². The zero-order chi connectivity index (χ0) is 26.6. The Morgan fingerprint density at radius 1 is 0.838 bits per heavy atom. The van der Waals surface area contributed by atoms with Crippen molar-refractivity contribution in [2.75, 3.05) is 5.32 Å². The molecule has 0 atom stereocenters. The number of hydrogen-bond acceptors (Lipinski definition) is 2. The van der Waals surface area contributed by atoms with Crippen LogP contribution in [0.1, 0.15) is 49.9 Å². The van der Waals surface area contributed by atoms with E-state index in [1.165, 1.54) is 39.6 Å². The number of carbonyl (C=O) groups excluding carboxylic acids is 1. The van der Waals surface area contributed by atoms with Crippen molar-refractivity contribution >= 4 is 31.0 Å². The molecule has 37 heavy (non-hydrogen) atoms. The predicted octanol–water partition coefficient (Wildman–Crippen LogP) is 6.55. The van der Waals surface area contributed by atoms with Gasteiger partial charge in [-0.1, -0.05) is 99.6 Å². The fourth-order valence-corrected chi connectivity index (χ4v) is 7.31. The SMILES string of the molecule is CC(=O)Nc1cccc(-c2c(CO[Si](c3ccccc3)c3ccccc3)cc(C)c(C(C)(C)C)c2C)c1. The molecule has 4 rings (SSSR count). The summed E-state index contributed by atoms with van der Waals surface area (Å²) in [5.41, 5.74) is 8.13. The molecule has 0 spiro atoms. The first-order chi connectivity index (χ1) is 17.6. The van der Waals surface area contributed by atoms with Gasteiger partial charge in [0.15, 0.2) is 0 Å². The van der Waals surface area contributed by atoms with Gasteiger partial charge in [-0.25, -0.2) is 0 Å². The molecule has 0 bridgehead atoms. The predicted molar refractivity (Wildman–Crippen MR) is 157 cm³/mol. The lowest BCUT2D eigenvalue weighted by molar-refractivity contribution is -0.114. The van der Waals surface area contributed by atoms with Crippen LogP contribution in [0.4, 0.5) is 5.69 Å². The number of anilines is 1. The van der Waals surface area contributed by atoms with E-state index in [1.54, 1.807) is 0 Å². The number of rotatable bonds is 7. The zero-order valence-electron chi connectivity index (χ0n) is 22.7. The Bertz CT molecular complexity index is 1340. The Morgan fingerprint density at radius 2 is 1.43 bits per heavy atom. The van der Waals surface area contributed by atoms with Crippen molar-refractivity contribution in [3.8, 4) is 11.1 Å². The summed E-state index contributed by atoms with van der Waals surface area (Å²) in [5.74, 6) is -0.0744. The highest BCUT2D eigenvalue weighted by Crippen LogP contribution is 2.38. The van der Waals surface area contributed by atoms with Gasteiger partial charge in [-0.05, 0) is 75.1 Å². The number of nitrogens with one attached hydrogen (secondary N) is 1. The van der Waals surface area contributed by atoms with Crippen molar-refractivity contribution in [1.82, 2.24) is 0 Å². The summed E-state index contributed by atoms with van der Waals surface area (Å²) in [4.78, 5) is 11.7. The minimum absolute atomic E-state index is 0.000573. The normalized spacial score (nSPS) is 11.5. The molecule has 0 aromatic heterocycles. The van der Waals surface area contributed by atoms with Crippen LogP contribution < -0.4 is 15.7 Å². The average Bonchev–Trinajstić information content (AvgIpc) is 2.84. The maximum Gasteiger partial charge on any atom is 0.283 e. The van der Waals surface area contributed by atoms with Crippen LogP contribution in [0.25, 0.3) is 11.1 Å². The molecule has 1 N–H and O–H groups in total. The molecule has 0 aliphatic carbocycles. The second-order valence-electron chi connectivity index (χ2n) is 10.6. The Labute approximate surface area is 223 Å². The Kier molecular flexibility index (Phi) is 8.11. The molecule has 189 valence electrons. The summed E-state index contributed by atoms with van der Waals surface area (Å²) in [5, 5.41) is 5.40. The molecule has 4 aromatic rings. The third kappa shape index (κ3) is 6.27. The van der Waals surface area contributed by atoms with Gasteiger partial charge in [-0.2, -0.15) is 0 Å². The van der Waals surface area contributed by atoms with Gasteiger partial charge < -0.3 is 9.74 Å². The van der Waals surface area contributed by atoms with Crippen LogP contribution in [0.2, 0.25) is 0 Å². The van der Waals surface area contributed by atoms with Crippen molar-refractivity contribution in [2.45, 2.75) is 53.6 Å². The molecule has 4 heteroatoms. The molecule has 0 unspecified atom stereocenters. The van der Waals surface area contributed by atoms with Crippen molar-refractivity contribution in [3.05, 3.63) is 113 Å². The largest absolute Gasteiger partial charge is 0.403 e. The molecule has 1 amide bonds. The molecule has 3 nitrogen and oxygen atoms in total. The standard InChI is InChI=1S/C33H36NO2Si/c1-23-20-27(22-36-37(29-16-9-7-10-17-29)30-18-11-8-12-19-30)31(24(2)32(23)33(4,5)6)26-14-13-15-28(21-26)34-25(3)35/h7-21H,22H2,1-6H3,(H,34,35). The lowest BCUT2D eigenvalue weighted by atomic mass is 9.77. The van der Waals surface area contributed by atoms with E-state index in [0.717, 1.165) is 16.8 Å². The van der Waals surface area contributed by atoms with Gasteiger partial charge in [-0.15, -0.1) is 0 Å². The second kappa shape index (κ2) is 11.3. The van der Waals surface area contributed by atoms with Gasteiger partial charge in [0.05, 0.1) is 6.61 Å². The van der Waals surface area contributed by atoms with E-state index in [4.69, 9.17) is 4.43 Å². The zero-order valence-corrected chi connectivity index (χ0v) is 23.7. The summed E-state index contributed by atoms with van der Waals surface area (Å²) in [6.45, 7) is 13.3. The fraction of sp³-hybridized carbons (Fsp3) is 0.242. The summed E-state index contributed by atoms with van der Waals surface area (Å²) in [7, 11) is -1.44. The maximum absolute atomic E-state index is 11.7. The molecule has 4 aromatic carbocycles. The smallest absolute Gasteiger partial charge is 0.283 e. The first kappa shape index (κ1) is 26.6. The highest BCUT2D eigenvalue weighted by molar-refractivity contribution is 6.80. The van der Waals surface area contributed by atoms with Crippen molar-refractivity contribution < 1.29 is 9.22 Å². The Morgan fingerprint density at radius 3 is 1.97 bits per heavy atom. The van der Waals surface area contributed by atoms with Gasteiger partial charge in [0, 0.05) is 12.6 Å². The highest BCUT2D eigenvalue weighted by atomic mass is 28.3. The van der Waals surface area contributed by atoms with Crippen LogP contribution in [-0.2, 0) is 21.2 Å². The average molecular weight is 507 g/mol. The first-order valence-electron chi connectivity index (χ1n) is 12.8. The molecule has 0 saturated heterocycles. The molecule has 0 heterocycles. The fourth-order valence-electron chi connectivity index (χ4n) is 5.36. The van der Waals surface area contributed by atoms with Crippen LogP contribution in [-0.4, -0.2) is 14.9 Å². The van der Waals surface area contributed by atoms with Gasteiger partial charge in [0.25, 0.3) is 9.04 Å². The first-order valence-corrected chi connectivity index (χ1v) is 14.2. The molecule has 0 aliphatic rings. The van der Waals surface area contributed by atoms with Crippen LogP contribution in [0.3, 0.4) is 0 Å². The quantitative estimate of drug-likeness (QED) is 0.289. The lowest BCUT2D eigenvalue weighted by Crippen LogP contribution is -2.44. The molecule has 1 radical (unpaired) electrons. The minimum atomic E-state index is -1.44. The molecule has 0 aliphatic heterocycles. The number of benzene rings is 4. The summed E-state index contributed by atoms with van der Waals surface area (Å²) in [6, 6.07) is 31.5. The summed E-state index contributed by atoms with van der Waals surface area (Å²) < 4.78 is 6.82. The number of aryl methyl sites for hydroxylation is 1. The second-order valence-corrected chi connectivity index (χ2v) is 12.7. The van der Waals surface area contributed by atoms with E-state index in [-0.39, 0.29) is 11.3 Å². The van der Waals surface area contributed by atoms with Gasteiger partial charge in [0.2, 0.25) is 5.91 Å². The van der Waals surface area contributed by atoms with Crippen LogP contribution >= 0.6 is 0 Å². The molecular weight excluding hydrogens is 470 g/mol. The van der Waals surface area contributed by atoms with E-state index in [1.807, 2.05) is 24.3 Å². The molecule has 0 saturated carbocycles. The third-order valence-electron chi connectivity index (χ3n) is 6.52. The topological polar surface area (TPSA) is 38.3 Å². The number of carbonyl (C=O) groups is 1. The Hall–Kier alpha value is -3.47. The van der Waals surface area contributed by atoms with Crippen molar-refractivity contribution in [2.24, 2.45) is 0 Å². The van der Waals surface area contributed by atoms with Gasteiger partial charge >= 0.3 is 0 Å². The van der Waals surface area contributed by atoms with Gasteiger partial charge in [-0.3, -0.25) is 4.79 Å². The van der Waals surface area contributed by atoms with Crippen LogP contribution in [0.5, 0.6) is 0 Å². The van der Waals surface area contributed by atoms with E-state index < -0.39 is 9.04 Å². The summed E-state index contributed by atoms with van der Waals surface area (Å²) in [6.07, 6.45) is 0. The van der Waals surface area contributed by atoms with E-state index in [2.05, 4.69) is 107 Å². The number of hydrogen-bond donors (Lipinski definition) is 1. The van der Waals surface area contributed by atoms with E-state index >= 15 is 0 Å². The van der Waals surface area contributed by atoms with Crippen LogP contribution in [0, 0.1) is 13.8 Å². The van der Waals surface area contributed by atoms with E-state index in [9.17, 15) is 4.79 Å². The van der Waals surface area contributed by atoms with Gasteiger partial charge in [0.1, 0.15) is 0 Å². The third-order valence-corrected chi connectivity index (χ3v) is 8.67. The highest BCUT2D eigenvalue weighted by Gasteiger charge is 2.25. The Balaban J connectivity index is 1.81. The monoisotopic (exact) mass is 506 g/mol. The van der Waals surface area contributed by atoms with Crippen LogP contribution in [0.15, 0.2) is 91.0 Å². The van der Waals surface area contributed by atoms with Crippen molar-refractivity contribution in [1.29, 1.82) is 0 Å². The minimum Gasteiger partial charge on any atom is -0.403 e. The van der Waals surface area contributed by atoms with Crippen molar-refractivity contribution in [3.63, 3.8) is 0 Å². The number of amides is 1. The maximum atomic E-state index is 11.7. The molecule has 0 fully saturated rings. The molecular formula is C33H36NO2Si. The lowest BCUT2D eigenvalue weighted by Gasteiger charge is -2.28. The summed E-state index contributed by atoms with van der Waals surface area (Å²) >= 11 is 0.